The molecule has 0 atom stereocenters. The summed E-state index contributed by atoms with van der Waals surface area (Å²) < 4.78 is 6.76. The van der Waals surface area contributed by atoms with Gasteiger partial charge in [-0.3, -0.25) is 4.79 Å². The van der Waals surface area contributed by atoms with E-state index in [9.17, 15) is 4.79 Å². The molecule has 0 fully saturated rings. The smallest absolute Gasteiger partial charge is 0.303 e. The molecule has 3 nitrogen and oxygen atoms in total. The molecule has 0 bridgehead atoms. The molecule has 0 aliphatic rings. The van der Waals surface area contributed by atoms with E-state index >= 15 is 0 Å². The van der Waals surface area contributed by atoms with Crippen LogP contribution in [0.5, 0.6) is 0 Å². The largest absolute Gasteiger partial charge is 0.481 e. The maximum atomic E-state index is 10.7. The van der Waals surface area contributed by atoms with E-state index in [-0.39, 0.29) is 11.5 Å². The highest BCUT2D eigenvalue weighted by Crippen LogP contribution is 2.36. The van der Waals surface area contributed by atoms with Crippen LogP contribution in [0.3, 0.4) is 0 Å². The van der Waals surface area contributed by atoms with Crippen LogP contribution in [0.4, 0.5) is 0 Å². The first-order chi connectivity index (χ1) is 12.4. The van der Waals surface area contributed by atoms with Gasteiger partial charge in [0.05, 0.1) is 0 Å². The number of carbonyl (C=O) groups is 1. The minimum Gasteiger partial charge on any atom is -0.481 e. The molecule has 0 unspecified atom stereocenters. The Kier molecular flexibility index (Phi) is 7.18. The van der Waals surface area contributed by atoms with Gasteiger partial charge in [-0.1, -0.05) is 87.9 Å². The van der Waals surface area contributed by atoms with Gasteiger partial charge in [-0.2, -0.15) is 0 Å². The zero-order valence-electron chi connectivity index (χ0n) is 16.1. The Hall–Kier alpha value is -1.91. The minimum atomic E-state index is -2.45. The van der Waals surface area contributed by atoms with Gasteiger partial charge in [0.15, 0.2) is 0 Å². The van der Waals surface area contributed by atoms with E-state index in [1.54, 1.807) is 0 Å². The lowest BCUT2D eigenvalue weighted by Gasteiger charge is -2.43. The molecule has 26 heavy (non-hydrogen) atoms. The van der Waals surface area contributed by atoms with Crippen molar-refractivity contribution >= 4 is 24.7 Å². The fraction of sp³-hybridized carbons (Fsp3) is 0.409. The third-order valence-electron chi connectivity index (χ3n) is 4.77. The number of hydrogen-bond acceptors (Lipinski definition) is 2. The number of carboxylic acid groups (broad SMARTS) is 1. The lowest BCUT2D eigenvalue weighted by Crippen LogP contribution is -2.66. The molecule has 0 aliphatic carbocycles. The van der Waals surface area contributed by atoms with Crippen molar-refractivity contribution in [1.82, 2.24) is 0 Å². The maximum absolute atomic E-state index is 10.7. The first-order valence-corrected chi connectivity index (χ1v) is 11.3. The van der Waals surface area contributed by atoms with Crippen molar-refractivity contribution in [2.75, 3.05) is 6.61 Å². The highest BCUT2D eigenvalue weighted by Gasteiger charge is 2.49. The number of benzene rings is 2. The molecule has 0 aliphatic heterocycles. The van der Waals surface area contributed by atoms with Gasteiger partial charge in [0.25, 0.3) is 8.32 Å². The predicted octanol–water partition coefficient (Wildman–Crippen LogP) is 4.21. The SMILES string of the molecule is CC(C)(C)[Si](OCCCCCC(=O)O)(c1ccccc1)c1ccccc1. The van der Waals surface area contributed by atoms with Gasteiger partial charge in [0, 0.05) is 13.0 Å². The van der Waals surface area contributed by atoms with Crippen LogP contribution in [0.2, 0.25) is 5.04 Å². The molecular weight excluding hydrogens is 340 g/mol. The summed E-state index contributed by atoms with van der Waals surface area (Å²) in [4.78, 5) is 10.7. The maximum Gasteiger partial charge on any atom is 0.303 e. The molecule has 2 aromatic carbocycles. The Balaban J connectivity index is 2.28. The highest BCUT2D eigenvalue weighted by atomic mass is 28.4. The Bertz CT molecular complexity index is 638. The molecule has 0 aromatic heterocycles. The van der Waals surface area contributed by atoms with Crippen molar-refractivity contribution in [3.8, 4) is 0 Å². The Morgan fingerprint density at radius 1 is 0.885 bits per heavy atom. The van der Waals surface area contributed by atoms with Crippen LogP contribution in [-0.4, -0.2) is 26.0 Å². The molecule has 0 amide bonds. The second-order valence-electron chi connectivity index (χ2n) is 7.72. The van der Waals surface area contributed by atoms with Crippen LogP contribution in [-0.2, 0) is 9.22 Å². The van der Waals surface area contributed by atoms with Crippen molar-refractivity contribution in [2.45, 2.75) is 51.5 Å². The van der Waals surface area contributed by atoms with Crippen molar-refractivity contribution in [3.05, 3.63) is 60.7 Å². The fourth-order valence-electron chi connectivity index (χ4n) is 3.54. The van der Waals surface area contributed by atoms with E-state index in [0.717, 1.165) is 12.8 Å². The summed E-state index contributed by atoms with van der Waals surface area (Å²) >= 11 is 0. The zero-order chi connectivity index (χ0) is 19.0. The third kappa shape index (κ3) is 4.83. The summed E-state index contributed by atoms with van der Waals surface area (Å²) in [5, 5.41) is 11.3. The zero-order valence-corrected chi connectivity index (χ0v) is 17.1. The number of unbranched alkanes of at least 4 members (excludes halogenated alkanes) is 2. The number of aliphatic carboxylic acids is 1. The van der Waals surface area contributed by atoms with Crippen molar-refractivity contribution in [3.63, 3.8) is 0 Å². The van der Waals surface area contributed by atoms with Crippen LogP contribution in [0.15, 0.2) is 60.7 Å². The minimum absolute atomic E-state index is 0.0171. The predicted molar refractivity (Wildman–Crippen MR) is 110 cm³/mol. The van der Waals surface area contributed by atoms with Gasteiger partial charge in [0.1, 0.15) is 0 Å². The van der Waals surface area contributed by atoms with Crippen molar-refractivity contribution < 1.29 is 14.3 Å². The summed E-state index contributed by atoms with van der Waals surface area (Å²) in [7, 11) is -2.45. The van der Waals surface area contributed by atoms with Gasteiger partial charge in [-0.05, 0) is 28.3 Å². The van der Waals surface area contributed by atoms with Crippen molar-refractivity contribution in [2.24, 2.45) is 0 Å². The summed E-state index contributed by atoms with van der Waals surface area (Å²) in [5.41, 5.74) is 0. The standard InChI is InChI=1S/C22H30O3Si/c1-22(2,3)26(19-13-7-4-8-14-19,20-15-9-5-10-16-20)25-18-12-6-11-17-21(23)24/h4-5,7-10,13-16H,6,11-12,17-18H2,1-3H3,(H,23,24). The molecule has 0 radical (unpaired) electrons. The topological polar surface area (TPSA) is 46.5 Å². The molecule has 0 heterocycles. The van der Waals surface area contributed by atoms with Crippen LogP contribution in [0.1, 0.15) is 46.5 Å². The summed E-state index contributed by atoms with van der Waals surface area (Å²) in [6.07, 6.45) is 2.71. The number of hydrogen-bond donors (Lipinski definition) is 1. The highest BCUT2D eigenvalue weighted by molar-refractivity contribution is 6.99. The van der Waals surface area contributed by atoms with Gasteiger partial charge >= 0.3 is 5.97 Å². The van der Waals surface area contributed by atoms with Gasteiger partial charge < -0.3 is 9.53 Å². The van der Waals surface area contributed by atoms with E-state index in [4.69, 9.17) is 9.53 Å². The summed E-state index contributed by atoms with van der Waals surface area (Å²) in [6, 6.07) is 21.2. The normalized spacial score (nSPS) is 12.1. The molecule has 0 saturated carbocycles. The van der Waals surface area contributed by atoms with E-state index in [2.05, 4.69) is 69.3 Å². The molecule has 140 valence electrons. The molecule has 2 aromatic rings. The van der Waals surface area contributed by atoms with E-state index in [1.807, 2.05) is 12.1 Å². The quantitative estimate of drug-likeness (QED) is 0.531. The summed E-state index contributed by atoms with van der Waals surface area (Å²) in [6.45, 7) is 7.46. The van der Waals surface area contributed by atoms with E-state index in [0.29, 0.717) is 13.0 Å². The second kappa shape index (κ2) is 9.15. The van der Waals surface area contributed by atoms with Gasteiger partial charge in [0.2, 0.25) is 0 Å². The molecule has 1 N–H and O–H groups in total. The van der Waals surface area contributed by atoms with Crippen LogP contribution in [0, 0.1) is 0 Å². The lowest BCUT2D eigenvalue weighted by molar-refractivity contribution is -0.137. The number of rotatable bonds is 9. The van der Waals surface area contributed by atoms with E-state index in [1.165, 1.54) is 10.4 Å². The fourth-order valence-corrected chi connectivity index (χ4v) is 8.15. The van der Waals surface area contributed by atoms with Gasteiger partial charge in [-0.25, -0.2) is 0 Å². The first-order valence-electron chi connectivity index (χ1n) is 9.35. The van der Waals surface area contributed by atoms with Gasteiger partial charge in [-0.15, -0.1) is 0 Å². The van der Waals surface area contributed by atoms with Crippen LogP contribution < -0.4 is 10.4 Å². The first kappa shape index (κ1) is 20.4. The van der Waals surface area contributed by atoms with E-state index < -0.39 is 14.3 Å². The average Bonchev–Trinajstić information content (AvgIpc) is 2.61. The average molecular weight is 371 g/mol. The molecule has 2 rings (SSSR count). The Morgan fingerprint density at radius 2 is 1.38 bits per heavy atom. The van der Waals surface area contributed by atoms with Crippen molar-refractivity contribution in [1.29, 1.82) is 0 Å². The lowest BCUT2D eigenvalue weighted by atomic mass is 10.2. The molecule has 0 spiro atoms. The Labute approximate surface area is 158 Å². The monoisotopic (exact) mass is 370 g/mol. The molecular formula is C22H30O3Si. The molecule has 4 heteroatoms. The summed E-state index contributed by atoms with van der Waals surface area (Å²) in [5.74, 6) is -0.724. The molecule has 0 saturated heterocycles. The van der Waals surface area contributed by atoms with Crippen LogP contribution in [0.25, 0.3) is 0 Å². The Morgan fingerprint density at radius 3 is 1.81 bits per heavy atom. The van der Waals surface area contributed by atoms with Crippen LogP contribution >= 0.6 is 0 Å². The third-order valence-corrected chi connectivity index (χ3v) is 9.81. The number of carboxylic acids is 1. The second-order valence-corrected chi connectivity index (χ2v) is 12.0.